The number of anilines is 1. The molecule has 2 aliphatic rings. The lowest BCUT2D eigenvalue weighted by atomic mass is 9.75. The summed E-state index contributed by atoms with van der Waals surface area (Å²) in [6.45, 7) is 4.99. The molecule has 0 fully saturated rings. The first kappa shape index (κ1) is 23.2. The van der Waals surface area contributed by atoms with Crippen LogP contribution in [-0.4, -0.2) is 25.2 Å². The normalized spacial score (nSPS) is 20.5. The van der Waals surface area contributed by atoms with Crippen LogP contribution in [0.5, 0.6) is 0 Å². The van der Waals surface area contributed by atoms with Gasteiger partial charge in [-0.1, -0.05) is 48.5 Å². The van der Waals surface area contributed by atoms with Gasteiger partial charge in [-0.2, -0.15) is 5.10 Å². The van der Waals surface area contributed by atoms with E-state index in [9.17, 15) is 9.18 Å². The molecule has 35 heavy (non-hydrogen) atoms. The Morgan fingerprint density at radius 3 is 2.31 bits per heavy atom. The predicted octanol–water partition coefficient (Wildman–Crippen LogP) is 5.40. The lowest BCUT2D eigenvalue weighted by molar-refractivity contribution is -0.140. The zero-order valence-corrected chi connectivity index (χ0v) is 19.7. The molecule has 2 aliphatic heterocycles. The Kier molecular flexibility index (Phi) is 6.61. The van der Waals surface area contributed by atoms with Gasteiger partial charge in [0.25, 0.3) is 0 Å². The van der Waals surface area contributed by atoms with Crippen molar-refractivity contribution in [3.8, 4) is 0 Å². The van der Waals surface area contributed by atoms with Crippen molar-refractivity contribution < 1.29 is 18.7 Å². The van der Waals surface area contributed by atoms with Crippen molar-refractivity contribution in [3.05, 3.63) is 100 Å². The van der Waals surface area contributed by atoms with E-state index in [4.69, 9.17) is 9.47 Å². The zero-order valence-electron chi connectivity index (χ0n) is 19.7. The van der Waals surface area contributed by atoms with Crippen LogP contribution in [0, 0.1) is 5.82 Å². The number of carbonyl (C=O) groups is 1. The Balaban J connectivity index is 1.59. The van der Waals surface area contributed by atoms with Crippen LogP contribution < -0.4 is 10.7 Å². The minimum absolute atomic E-state index is 0.164. The van der Waals surface area contributed by atoms with E-state index in [0.717, 1.165) is 45.5 Å². The van der Waals surface area contributed by atoms with Gasteiger partial charge in [0.05, 0.1) is 17.7 Å². The summed E-state index contributed by atoms with van der Waals surface area (Å²) in [5.74, 6) is -0.494. The maximum atomic E-state index is 13.8. The molecule has 0 aliphatic carbocycles. The molecule has 5 rings (SSSR count). The highest BCUT2D eigenvalue weighted by molar-refractivity contribution is 6.13. The fraction of sp³-hybridized carbons (Fsp3) is 0.286. The molecule has 0 radical (unpaired) electrons. The molecule has 7 heteroatoms. The van der Waals surface area contributed by atoms with Crippen LogP contribution in [0.3, 0.4) is 0 Å². The van der Waals surface area contributed by atoms with E-state index >= 15 is 0 Å². The minimum Gasteiger partial charge on any atom is -0.377 e. The second-order valence-corrected chi connectivity index (χ2v) is 8.57. The number of hydrazone groups is 1. The molecule has 3 aromatic rings. The monoisotopic (exact) mass is 473 g/mol. The molecule has 2 heterocycles. The smallest absolute Gasteiger partial charge is 0.183 e. The van der Waals surface area contributed by atoms with Crippen LogP contribution in [0.25, 0.3) is 0 Å². The second-order valence-electron chi connectivity index (χ2n) is 8.57. The molecule has 0 bridgehead atoms. The molecule has 3 unspecified atom stereocenters. The standard InChI is InChI=1S/C28H28FN3O3/c1-3-34-28(35-4-2)19-10-8-18(9-11-19)26-24(17-12-14-20(29)15-13-17)27-25-21(23(16-33)31-32-27)6-5-7-22(25)30-26/h5-16,23-24,26,28,30-31H,3-4H2,1-2H3. The van der Waals surface area contributed by atoms with Crippen LogP contribution in [0.4, 0.5) is 10.1 Å². The minimum atomic E-state index is -0.505. The third kappa shape index (κ3) is 4.33. The summed E-state index contributed by atoms with van der Waals surface area (Å²) < 4.78 is 25.3. The molecule has 6 nitrogen and oxygen atoms in total. The molecular weight excluding hydrogens is 445 g/mol. The first-order chi connectivity index (χ1) is 17.1. The molecule has 180 valence electrons. The SMILES string of the molecule is CCOC(OCC)c1ccc(C2Nc3cccc4c3C(=NNC4C=O)C2c2ccc(F)cc2)cc1. The number of rotatable bonds is 8. The number of halogens is 1. The molecular formula is C28H28FN3O3. The molecule has 0 spiro atoms. The van der Waals surface area contributed by atoms with Gasteiger partial charge in [0.2, 0.25) is 0 Å². The number of aldehydes is 1. The number of nitrogens with one attached hydrogen (secondary N) is 2. The van der Waals surface area contributed by atoms with Crippen molar-refractivity contribution >= 4 is 17.7 Å². The number of hydrogen-bond acceptors (Lipinski definition) is 6. The number of hydrogen-bond donors (Lipinski definition) is 2. The van der Waals surface area contributed by atoms with Crippen molar-refractivity contribution in [2.24, 2.45) is 5.10 Å². The third-order valence-corrected chi connectivity index (χ3v) is 6.52. The van der Waals surface area contributed by atoms with E-state index in [1.54, 1.807) is 12.1 Å². The van der Waals surface area contributed by atoms with Gasteiger partial charge in [-0.25, -0.2) is 4.39 Å². The lowest BCUT2D eigenvalue weighted by Gasteiger charge is -2.39. The van der Waals surface area contributed by atoms with Gasteiger partial charge in [-0.15, -0.1) is 0 Å². The summed E-state index contributed by atoms with van der Waals surface area (Å²) >= 11 is 0. The first-order valence-corrected chi connectivity index (χ1v) is 11.9. The van der Waals surface area contributed by atoms with E-state index < -0.39 is 12.3 Å². The Morgan fingerprint density at radius 1 is 0.971 bits per heavy atom. The highest BCUT2D eigenvalue weighted by atomic mass is 19.1. The number of ether oxygens (including phenoxy) is 2. The Hall–Kier alpha value is -3.55. The topological polar surface area (TPSA) is 72.0 Å². The Morgan fingerprint density at radius 2 is 1.66 bits per heavy atom. The van der Waals surface area contributed by atoms with Crippen molar-refractivity contribution in [1.29, 1.82) is 0 Å². The van der Waals surface area contributed by atoms with Crippen LogP contribution >= 0.6 is 0 Å². The Labute approximate surface area is 204 Å². The van der Waals surface area contributed by atoms with Crippen LogP contribution in [0.2, 0.25) is 0 Å². The van der Waals surface area contributed by atoms with E-state index in [1.807, 2.05) is 44.2 Å². The average molecular weight is 474 g/mol. The van der Waals surface area contributed by atoms with E-state index in [-0.39, 0.29) is 17.8 Å². The summed E-state index contributed by atoms with van der Waals surface area (Å²) in [6, 6.07) is 19.9. The number of carbonyl (C=O) groups excluding carboxylic acids is 1. The highest BCUT2D eigenvalue weighted by Crippen LogP contribution is 2.46. The van der Waals surface area contributed by atoms with Gasteiger partial charge in [0, 0.05) is 30.0 Å². The van der Waals surface area contributed by atoms with Crippen LogP contribution in [-0.2, 0) is 14.3 Å². The zero-order chi connectivity index (χ0) is 24.4. The summed E-state index contributed by atoms with van der Waals surface area (Å²) in [7, 11) is 0. The predicted molar refractivity (Wildman–Crippen MR) is 133 cm³/mol. The molecule has 0 aromatic heterocycles. The van der Waals surface area contributed by atoms with Crippen molar-refractivity contribution in [2.45, 2.75) is 38.1 Å². The number of benzene rings is 3. The largest absolute Gasteiger partial charge is 0.377 e. The molecule has 3 aromatic carbocycles. The van der Waals surface area contributed by atoms with Crippen molar-refractivity contribution in [2.75, 3.05) is 18.5 Å². The van der Waals surface area contributed by atoms with Gasteiger partial charge in [-0.3, -0.25) is 5.43 Å². The van der Waals surface area contributed by atoms with Gasteiger partial charge >= 0.3 is 0 Å². The fourth-order valence-corrected chi connectivity index (χ4v) is 4.94. The van der Waals surface area contributed by atoms with Crippen LogP contribution in [0.15, 0.2) is 71.8 Å². The highest BCUT2D eigenvalue weighted by Gasteiger charge is 2.40. The molecule has 0 saturated heterocycles. The second kappa shape index (κ2) is 9.98. The van der Waals surface area contributed by atoms with E-state index in [0.29, 0.717) is 13.2 Å². The van der Waals surface area contributed by atoms with Gasteiger partial charge in [0.15, 0.2) is 6.29 Å². The molecule has 3 atom stereocenters. The number of nitrogens with zero attached hydrogens (tertiary/aromatic N) is 1. The van der Waals surface area contributed by atoms with Crippen molar-refractivity contribution in [1.82, 2.24) is 5.43 Å². The van der Waals surface area contributed by atoms with E-state index in [2.05, 4.69) is 28.0 Å². The van der Waals surface area contributed by atoms with Gasteiger partial charge in [0.1, 0.15) is 18.1 Å². The summed E-state index contributed by atoms with van der Waals surface area (Å²) in [6.07, 6.45) is 0.447. The maximum Gasteiger partial charge on any atom is 0.183 e. The summed E-state index contributed by atoms with van der Waals surface area (Å²) in [4.78, 5) is 11.7. The third-order valence-electron chi connectivity index (χ3n) is 6.52. The fourth-order valence-electron chi connectivity index (χ4n) is 4.94. The van der Waals surface area contributed by atoms with Gasteiger partial charge in [-0.05, 0) is 48.7 Å². The van der Waals surface area contributed by atoms with Crippen molar-refractivity contribution in [3.63, 3.8) is 0 Å². The quantitative estimate of drug-likeness (QED) is 0.339. The summed E-state index contributed by atoms with van der Waals surface area (Å²) in [5, 5.41) is 8.34. The Bertz CT molecular complexity index is 1220. The lowest BCUT2D eigenvalue weighted by Crippen LogP contribution is -2.38. The molecule has 0 saturated carbocycles. The summed E-state index contributed by atoms with van der Waals surface area (Å²) in [5.41, 5.74) is 9.49. The van der Waals surface area contributed by atoms with E-state index in [1.165, 1.54) is 12.1 Å². The maximum absolute atomic E-state index is 13.8. The van der Waals surface area contributed by atoms with Gasteiger partial charge < -0.3 is 19.6 Å². The first-order valence-electron chi connectivity index (χ1n) is 11.9. The molecule has 2 N–H and O–H groups in total. The molecule has 0 amide bonds. The van der Waals surface area contributed by atoms with Crippen LogP contribution in [0.1, 0.15) is 66.0 Å². The average Bonchev–Trinajstić information content (AvgIpc) is 2.89.